The lowest BCUT2D eigenvalue weighted by atomic mass is 10.1. The molecule has 1 N–H and O–H groups in total. The maximum absolute atomic E-state index is 13.7. The van der Waals surface area contributed by atoms with Crippen LogP contribution in [-0.4, -0.2) is 28.5 Å². The Labute approximate surface area is 212 Å². The van der Waals surface area contributed by atoms with Crippen LogP contribution in [0.4, 0.5) is 4.39 Å². The maximum atomic E-state index is 13.7. The van der Waals surface area contributed by atoms with Gasteiger partial charge in [-0.3, -0.25) is 9.69 Å². The number of aryl methyl sites for hydroxylation is 1. The Morgan fingerprint density at radius 1 is 1.06 bits per heavy atom. The van der Waals surface area contributed by atoms with Crippen LogP contribution in [0.1, 0.15) is 65.4 Å². The lowest BCUT2D eigenvalue weighted by Crippen LogP contribution is -2.23. The van der Waals surface area contributed by atoms with Crippen molar-refractivity contribution in [2.75, 3.05) is 13.1 Å². The van der Waals surface area contributed by atoms with Gasteiger partial charge in [-0.15, -0.1) is 0 Å². The summed E-state index contributed by atoms with van der Waals surface area (Å²) < 4.78 is 21.8. The van der Waals surface area contributed by atoms with Gasteiger partial charge in [0.25, 0.3) is 5.91 Å². The van der Waals surface area contributed by atoms with Crippen LogP contribution in [0.5, 0.6) is 0 Å². The number of nitrogens with one attached hydrogen (secondary N) is 1. The summed E-state index contributed by atoms with van der Waals surface area (Å²) in [7, 11) is 0. The summed E-state index contributed by atoms with van der Waals surface area (Å²) in [5.74, 6) is 1.30. The zero-order chi connectivity index (χ0) is 25.7. The second kappa shape index (κ2) is 11.6. The van der Waals surface area contributed by atoms with Crippen molar-refractivity contribution in [1.29, 1.82) is 0 Å². The molecule has 0 spiro atoms. The Hall–Kier alpha value is -3.38. The molecule has 0 aliphatic heterocycles. The number of hydrogen-bond donors (Lipinski definition) is 1. The average Bonchev–Trinajstić information content (AvgIpc) is 3.42. The Bertz CT molecular complexity index is 1340. The zero-order valence-corrected chi connectivity index (χ0v) is 21.7. The maximum Gasteiger partial charge on any atom is 0.251 e. The summed E-state index contributed by atoms with van der Waals surface area (Å²) in [6.07, 6.45) is 2.35. The number of nitrogens with zero attached hydrogens (tertiary/aromatic N) is 2. The van der Waals surface area contributed by atoms with E-state index in [0.29, 0.717) is 18.7 Å². The second-order valence-electron chi connectivity index (χ2n) is 9.43. The van der Waals surface area contributed by atoms with Gasteiger partial charge in [-0.1, -0.05) is 32.4 Å². The zero-order valence-electron chi connectivity index (χ0n) is 21.7. The van der Waals surface area contributed by atoms with Crippen LogP contribution in [0.25, 0.3) is 10.9 Å². The molecule has 4 rings (SSSR count). The van der Waals surface area contributed by atoms with E-state index in [1.54, 1.807) is 12.1 Å². The highest BCUT2D eigenvalue weighted by atomic mass is 19.1. The number of amides is 1. The highest BCUT2D eigenvalue weighted by Crippen LogP contribution is 2.27. The van der Waals surface area contributed by atoms with Crippen LogP contribution in [-0.2, 0) is 19.6 Å². The Kier molecular flexibility index (Phi) is 8.26. The van der Waals surface area contributed by atoms with Crippen molar-refractivity contribution in [3.8, 4) is 0 Å². The molecule has 4 aromatic rings. The molecule has 0 unspecified atom stereocenters. The molecule has 190 valence electrons. The van der Waals surface area contributed by atoms with Crippen LogP contribution >= 0.6 is 0 Å². The highest BCUT2D eigenvalue weighted by Gasteiger charge is 2.15. The summed E-state index contributed by atoms with van der Waals surface area (Å²) in [5.41, 5.74) is 4.77. The first-order valence-electron chi connectivity index (χ1n) is 12.8. The summed E-state index contributed by atoms with van der Waals surface area (Å²) in [6, 6.07) is 16.4. The third kappa shape index (κ3) is 5.88. The summed E-state index contributed by atoms with van der Waals surface area (Å²) >= 11 is 0. The van der Waals surface area contributed by atoms with E-state index >= 15 is 0 Å². The molecule has 0 atom stereocenters. The first-order chi connectivity index (χ1) is 17.4. The number of rotatable bonds is 11. The van der Waals surface area contributed by atoms with Crippen LogP contribution < -0.4 is 5.32 Å². The topological polar surface area (TPSA) is 50.4 Å². The molecule has 0 aliphatic carbocycles. The number of hydrogen-bond acceptors (Lipinski definition) is 3. The smallest absolute Gasteiger partial charge is 0.251 e. The van der Waals surface area contributed by atoms with Crippen LogP contribution in [0.3, 0.4) is 0 Å². The molecule has 0 aliphatic rings. The number of unbranched alkanes of at least 4 members (excludes halogenated alkanes) is 1. The summed E-state index contributed by atoms with van der Waals surface area (Å²) in [5, 5.41) is 4.02. The molecule has 2 aromatic heterocycles. The fourth-order valence-corrected chi connectivity index (χ4v) is 4.64. The van der Waals surface area contributed by atoms with Gasteiger partial charge in [0, 0.05) is 28.7 Å². The van der Waals surface area contributed by atoms with Crippen molar-refractivity contribution >= 4 is 16.8 Å². The fourth-order valence-electron chi connectivity index (χ4n) is 4.64. The monoisotopic (exact) mass is 489 g/mol. The van der Waals surface area contributed by atoms with Crippen molar-refractivity contribution in [1.82, 2.24) is 14.8 Å². The predicted octanol–water partition coefficient (Wildman–Crippen LogP) is 6.59. The van der Waals surface area contributed by atoms with Gasteiger partial charge in [0.1, 0.15) is 17.3 Å². The Morgan fingerprint density at radius 2 is 1.86 bits per heavy atom. The van der Waals surface area contributed by atoms with Gasteiger partial charge in [0.05, 0.1) is 13.1 Å². The van der Waals surface area contributed by atoms with Crippen molar-refractivity contribution in [3.63, 3.8) is 0 Å². The van der Waals surface area contributed by atoms with Gasteiger partial charge in [-0.2, -0.15) is 0 Å². The molecule has 6 heteroatoms. The highest BCUT2D eigenvalue weighted by molar-refractivity contribution is 5.99. The molecule has 0 radical (unpaired) electrons. The van der Waals surface area contributed by atoms with Crippen LogP contribution in [0, 0.1) is 19.7 Å². The van der Waals surface area contributed by atoms with Gasteiger partial charge in [-0.05, 0) is 86.9 Å². The molecule has 2 aromatic carbocycles. The fraction of sp³-hybridized carbons (Fsp3) is 0.367. The van der Waals surface area contributed by atoms with Gasteiger partial charge in [0.2, 0.25) is 0 Å². The van der Waals surface area contributed by atoms with E-state index in [4.69, 9.17) is 4.42 Å². The number of furan rings is 1. The largest absolute Gasteiger partial charge is 0.463 e. The standard InChI is InChI=1S/C30H36FN3O2/c1-5-7-15-33(6-2)20-27-13-12-26(36-27)18-32-30(35)24-11-14-29-28(17-24)21(3)22(4)34(29)19-23-9-8-10-25(31)16-23/h8-14,16-17H,5-7,15,18-20H2,1-4H3,(H,32,35). The molecule has 0 saturated heterocycles. The van der Waals surface area contributed by atoms with Crippen molar-refractivity contribution in [3.05, 3.63) is 94.3 Å². The number of carbonyl (C=O) groups is 1. The predicted molar refractivity (Wildman–Crippen MR) is 143 cm³/mol. The molecule has 2 heterocycles. The van der Waals surface area contributed by atoms with Crippen molar-refractivity contribution in [2.24, 2.45) is 0 Å². The molecule has 0 fully saturated rings. The van der Waals surface area contributed by atoms with Crippen molar-refractivity contribution in [2.45, 2.75) is 60.2 Å². The lowest BCUT2D eigenvalue weighted by Gasteiger charge is -2.18. The minimum atomic E-state index is -0.236. The first kappa shape index (κ1) is 25.7. The number of fused-ring (bicyclic) bond motifs is 1. The minimum Gasteiger partial charge on any atom is -0.463 e. The Balaban J connectivity index is 1.43. The Morgan fingerprint density at radius 3 is 2.61 bits per heavy atom. The molecular weight excluding hydrogens is 453 g/mol. The van der Waals surface area contributed by atoms with Crippen LogP contribution in [0.15, 0.2) is 59.0 Å². The second-order valence-corrected chi connectivity index (χ2v) is 9.43. The van der Waals surface area contributed by atoms with Crippen molar-refractivity contribution < 1.29 is 13.6 Å². The number of carbonyl (C=O) groups excluding carboxylic acids is 1. The third-order valence-corrected chi connectivity index (χ3v) is 6.93. The van der Waals surface area contributed by atoms with E-state index in [1.807, 2.05) is 36.4 Å². The number of halogens is 1. The molecule has 5 nitrogen and oxygen atoms in total. The molecular formula is C30H36FN3O2. The summed E-state index contributed by atoms with van der Waals surface area (Å²) in [4.78, 5) is 15.3. The van der Waals surface area contributed by atoms with E-state index in [9.17, 15) is 9.18 Å². The molecule has 0 bridgehead atoms. The number of aromatic nitrogens is 1. The average molecular weight is 490 g/mol. The summed E-state index contributed by atoms with van der Waals surface area (Å²) in [6.45, 7) is 12.2. The van der Waals surface area contributed by atoms with E-state index in [2.05, 4.69) is 42.5 Å². The van der Waals surface area contributed by atoms with Crippen LogP contribution in [0.2, 0.25) is 0 Å². The third-order valence-electron chi connectivity index (χ3n) is 6.93. The molecule has 1 amide bonds. The normalized spacial score (nSPS) is 11.5. The van der Waals surface area contributed by atoms with Gasteiger partial charge >= 0.3 is 0 Å². The SMILES string of the molecule is CCCCN(CC)Cc1ccc(CNC(=O)c2ccc3c(c2)c(C)c(C)n3Cc2cccc(F)c2)o1. The molecule has 0 saturated carbocycles. The molecule has 36 heavy (non-hydrogen) atoms. The van der Waals surface area contributed by atoms with Gasteiger partial charge in [0.15, 0.2) is 0 Å². The quantitative estimate of drug-likeness (QED) is 0.259. The van der Waals surface area contributed by atoms with Gasteiger partial charge < -0.3 is 14.3 Å². The minimum absolute atomic E-state index is 0.136. The number of benzene rings is 2. The van der Waals surface area contributed by atoms with Gasteiger partial charge in [-0.25, -0.2) is 4.39 Å². The first-order valence-corrected chi connectivity index (χ1v) is 12.8. The van der Waals surface area contributed by atoms with E-state index in [-0.39, 0.29) is 11.7 Å². The van der Waals surface area contributed by atoms with E-state index in [1.165, 1.54) is 18.9 Å². The van der Waals surface area contributed by atoms with E-state index in [0.717, 1.165) is 58.9 Å². The van der Waals surface area contributed by atoms with E-state index < -0.39 is 0 Å². The lowest BCUT2D eigenvalue weighted by molar-refractivity contribution is 0.0947.